The molecule has 2 aromatic carbocycles. The average Bonchev–Trinajstić information content (AvgIpc) is 3.19. The van der Waals surface area contributed by atoms with Crippen molar-refractivity contribution in [2.24, 2.45) is 11.8 Å². The van der Waals surface area contributed by atoms with E-state index in [1.54, 1.807) is 30.6 Å². The monoisotopic (exact) mass is 634 g/mol. The van der Waals surface area contributed by atoms with Gasteiger partial charge in [0, 0.05) is 0 Å². The van der Waals surface area contributed by atoms with Crippen molar-refractivity contribution in [2.75, 3.05) is 0 Å². The molecule has 3 heteroatoms. The van der Waals surface area contributed by atoms with Crippen LogP contribution in [-0.4, -0.2) is 0 Å². The number of halogens is 2. The molecule has 0 radical (unpaired) electrons. The Morgan fingerprint density at radius 2 is 1.09 bits per heavy atom. The third-order valence-electron chi connectivity index (χ3n) is 7.76. The third kappa shape index (κ3) is 4.39. The zero-order valence-electron chi connectivity index (χ0n) is 19.9. The van der Waals surface area contributed by atoms with Gasteiger partial charge in [0.25, 0.3) is 0 Å². The second-order valence-corrected chi connectivity index (χ2v) is 27.4. The Labute approximate surface area is 212 Å². The Balaban J connectivity index is 0.00000144. The van der Waals surface area contributed by atoms with Gasteiger partial charge in [-0.1, -0.05) is 0 Å². The molecule has 5 rings (SSSR count). The van der Waals surface area contributed by atoms with Crippen molar-refractivity contribution in [1.29, 1.82) is 0 Å². The van der Waals surface area contributed by atoms with Crippen molar-refractivity contribution in [2.45, 2.75) is 62.7 Å². The van der Waals surface area contributed by atoms with E-state index in [0.717, 1.165) is 19.2 Å². The molecule has 0 saturated carbocycles. The maximum Gasteiger partial charge on any atom is -1.00 e. The van der Waals surface area contributed by atoms with Gasteiger partial charge in [0.05, 0.1) is 0 Å². The Bertz CT molecular complexity index is 936. The summed E-state index contributed by atoms with van der Waals surface area (Å²) in [6.07, 6.45) is 9.24. The van der Waals surface area contributed by atoms with Crippen molar-refractivity contribution in [1.82, 2.24) is 0 Å². The Morgan fingerprint density at radius 1 is 0.688 bits per heavy atom. The smallest absolute Gasteiger partial charge is 1.00 e. The molecule has 0 nitrogen and oxygen atoms in total. The van der Waals surface area contributed by atoms with Crippen molar-refractivity contribution >= 4 is 12.2 Å². The molecule has 0 bridgehead atoms. The first-order valence-corrected chi connectivity index (χ1v) is 21.3. The van der Waals surface area contributed by atoms with Crippen LogP contribution in [0.5, 0.6) is 0 Å². The predicted octanol–water partition coefficient (Wildman–Crippen LogP) is 2.76. The molecule has 2 aromatic rings. The van der Waals surface area contributed by atoms with Crippen LogP contribution in [0, 0.1) is 11.8 Å². The van der Waals surface area contributed by atoms with Crippen LogP contribution >= 0.6 is 0 Å². The second-order valence-electron chi connectivity index (χ2n) is 10.8. The van der Waals surface area contributed by atoms with Crippen LogP contribution in [0.25, 0.3) is 12.2 Å². The second kappa shape index (κ2) is 10.3. The van der Waals surface area contributed by atoms with Crippen LogP contribution < -0.4 is 24.8 Å². The minimum atomic E-state index is -2.73. The SMILES string of the molecule is CC(C)CC1=Cc2ccccc2[CH]1[Hf+2]1([CH]2C(CC(C)C)=Cc3ccccc32)[CH2]C[CH2]1.[Cl-].[Cl-]. The standard InChI is InChI=1S/2C13H15.C3H6.2ClH.Hf/c2*1-10(2)7-11-8-12-5-3-4-6-13(12)9-11;1-3-2;;;/h2*3-6,8-10H,7H2,1-2H3;1-3H2;2*1H;/q;;;;;+2/p-2. The zero-order chi connectivity index (χ0) is 20.9. The van der Waals surface area contributed by atoms with Crippen LogP contribution in [0.2, 0.25) is 8.35 Å². The molecule has 2 unspecified atom stereocenters. The van der Waals surface area contributed by atoms with E-state index in [1.807, 2.05) is 0 Å². The summed E-state index contributed by atoms with van der Waals surface area (Å²) in [5.41, 5.74) is 10.0. The Morgan fingerprint density at radius 3 is 1.44 bits per heavy atom. The molecule has 1 heterocycles. The fourth-order valence-corrected chi connectivity index (χ4v) is 29.4. The van der Waals surface area contributed by atoms with Crippen LogP contribution in [-0.2, 0) is 20.0 Å². The molecule has 1 saturated heterocycles. The fraction of sp³-hybridized carbons (Fsp3) is 0.448. The minimum Gasteiger partial charge on any atom is -1.00 e. The number of rotatable bonds is 6. The summed E-state index contributed by atoms with van der Waals surface area (Å²) in [7, 11) is 0. The summed E-state index contributed by atoms with van der Waals surface area (Å²) in [6, 6.07) is 18.8. The van der Waals surface area contributed by atoms with Crippen LogP contribution in [0.1, 0.15) is 76.6 Å². The van der Waals surface area contributed by atoms with E-state index < -0.39 is 20.0 Å². The number of benzene rings is 2. The van der Waals surface area contributed by atoms with E-state index in [4.69, 9.17) is 0 Å². The molecule has 32 heavy (non-hydrogen) atoms. The van der Waals surface area contributed by atoms with E-state index >= 15 is 0 Å². The van der Waals surface area contributed by atoms with Gasteiger partial charge >= 0.3 is 189 Å². The summed E-state index contributed by atoms with van der Waals surface area (Å²) < 4.78 is 4.76. The average molecular weight is 634 g/mol. The van der Waals surface area contributed by atoms with Gasteiger partial charge in [0.1, 0.15) is 0 Å². The van der Waals surface area contributed by atoms with Gasteiger partial charge < -0.3 is 24.8 Å². The van der Waals surface area contributed by atoms with Gasteiger partial charge in [-0.05, 0) is 0 Å². The van der Waals surface area contributed by atoms with Gasteiger partial charge in [-0.15, -0.1) is 0 Å². The van der Waals surface area contributed by atoms with Crippen LogP contribution in [0.15, 0.2) is 59.7 Å². The maximum absolute atomic E-state index is 2.73. The molecule has 0 aromatic heterocycles. The number of allylic oxidation sites excluding steroid dienone is 2. The Kier molecular flexibility index (Phi) is 8.38. The van der Waals surface area contributed by atoms with E-state index in [-0.39, 0.29) is 24.8 Å². The van der Waals surface area contributed by atoms with Gasteiger partial charge in [-0.2, -0.15) is 0 Å². The van der Waals surface area contributed by atoms with Gasteiger partial charge in [0.15, 0.2) is 0 Å². The topological polar surface area (TPSA) is 0 Å². The molecule has 0 amide bonds. The quantitative estimate of drug-likeness (QED) is 0.430. The van der Waals surface area contributed by atoms with Gasteiger partial charge in [-0.25, -0.2) is 0 Å². The summed E-state index contributed by atoms with van der Waals surface area (Å²) in [6.45, 7) is 9.61. The first-order valence-electron chi connectivity index (χ1n) is 12.1. The van der Waals surface area contributed by atoms with Crippen molar-refractivity contribution in [3.8, 4) is 0 Å². The first-order chi connectivity index (χ1) is 14.5. The molecule has 1 aliphatic heterocycles. The minimum absolute atomic E-state index is 0. The van der Waals surface area contributed by atoms with E-state index in [9.17, 15) is 0 Å². The van der Waals surface area contributed by atoms with E-state index in [1.165, 1.54) is 30.4 Å². The molecule has 0 N–H and O–H groups in total. The molecule has 3 aliphatic rings. The van der Waals surface area contributed by atoms with Crippen molar-refractivity contribution in [3.63, 3.8) is 0 Å². The van der Waals surface area contributed by atoms with E-state index in [2.05, 4.69) is 88.4 Å². The largest absolute Gasteiger partial charge is 1.00 e. The van der Waals surface area contributed by atoms with Crippen LogP contribution in [0.4, 0.5) is 0 Å². The van der Waals surface area contributed by atoms with Crippen molar-refractivity contribution in [3.05, 3.63) is 81.9 Å². The summed E-state index contributed by atoms with van der Waals surface area (Å²) >= 11 is -2.73. The molecular weight excluding hydrogens is 598 g/mol. The molecule has 0 spiro atoms. The summed E-state index contributed by atoms with van der Waals surface area (Å²) in [4.78, 5) is 0. The number of fused-ring (bicyclic) bond motifs is 2. The molecule has 1 fully saturated rings. The normalized spacial score (nSPS) is 21.3. The molecule has 2 aliphatic carbocycles. The number of hydrogen-bond donors (Lipinski definition) is 0. The van der Waals surface area contributed by atoms with Gasteiger partial charge in [-0.3, -0.25) is 0 Å². The van der Waals surface area contributed by atoms with Gasteiger partial charge in [0.2, 0.25) is 0 Å². The first kappa shape index (κ1) is 26.0. The zero-order valence-corrected chi connectivity index (χ0v) is 25.0. The molecule has 170 valence electrons. The number of hydrogen-bond acceptors (Lipinski definition) is 0. The fourth-order valence-electron chi connectivity index (χ4n) is 6.76. The Hall–Kier alpha value is -0.630. The van der Waals surface area contributed by atoms with Crippen LogP contribution in [0.3, 0.4) is 0 Å². The summed E-state index contributed by atoms with van der Waals surface area (Å²) in [5.74, 6) is 1.47. The predicted molar refractivity (Wildman–Crippen MR) is 127 cm³/mol. The maximum atomic E-state index is 2.60. The van der Waals surface area contributed by atoms with E-state index in [0.29, 0.717) is 0 Å². The van der Waals surface area contributed by atoms with Crippen molar-refractivity contribution < 1.29 is 44.8 Å². The molecular formula is C29H36Cl2Hf. The summed E-state index contributed by atoms with van der Waals surface area (Å²) in [5, 5.41) is 0. The molecule has 2 atom stereocenters. The third-order valence-corrected chi connectivity index (χ3v) is 30.1.